The first kappa shape index (κ1) is 12.9. The molecular weight excluding hydrogens is 272 g/mol. The third-order valence-electron chi connectivity index (χ3n) is 6.22. The Kier molecular flexibility index (Phi) is 2.75. The van der Waals surface area contributed by atoms with Gasteiger partial charge < -0.3 is 4.98 Å². The Morgan fingerprint density at radius 2 is 2.05 bits per heavy atom. The van der Waals surface area contributed by atoms with Crippen LogP contribution < -0.4 is 0 Å². The summed E-state index contributed by atoms with van der Waals surface area (Å²) in [6, 6.07) is 9.19. The molecule has 2 aromatic rings. The highest BCUT2D eigenvalue weighted by Crippen LogP contribution is 2.46. The normalized spacial score (nSPS) is 31.6. The lowest BCUT2D eigenvalue weighted by atomic mass is 9.71. The molecule has 3 atom stereocenters. The van der Waals surface area contributed by atoms with Crippen LogP contribution in [0.5, 0.6) is 0 Å². The van der Waals surface area contributed by atoms with E-state index < -0.39 is 0 Å². The Morgan fingerprint density at radius 1 is 1.14 bits per heavy atom. The van der Waals surface area contributed by atoms with Crippen molar-refractivity contribution in [1.82, 2.24) is 9.88 Å². The lowest BCUT2D eigenvalue weighted by Gasteiger charge is -2.47. The maximum Gasteiger partial charge on any atom is 0.133 e. The lowest BCUT2D eigenvalue weighted by molar-refractivity contribution is -0.124. The Hall–Kier alpha value is -1.61. The van der Waals surface area contributed by atoms with E-state index in [0.717, 1.165) is 38.0 Å². The van der Waals surface area contributed by atoms with Gasteiger partial charge in [0.15, 0.2) is 0 Å². The number of Topliss-reactive ketones (excluding diaryl/α,β-unsaturated/α-hetero) is 1. The second-order valence-electron chi connectivity index (χ2n) is 7.36. The number of benzene rings is 1. The minimum absolute atomic E-state index is 0.488. The van der Waals surface area contributed by atoms with Crippen LogP contribution in [-0.4, -0.2) is 28.8 Å². The van der Waals surface area contributed by atoms with Gasteiger partial charge in [-0.3, -0.25) is 9.69 Å². The van der Waals surface area contributed by atoms with E-state index >= 15 is 0 Å². The van der Waals surface area contributed by atoms with E-state index in [0.29, 0.717) is 17.7 Å². The molecule has 22 heavy (non-hydrogen) atoms. The largest absolute Gasteiger partial charge is 0.357 e. The monoisotopic (exact) mass is 294 g/mol. The number of carbonyl (C=O) groups is 1. The van der Waals surface area contributed by atoms with Crippen LogP contribution >= 0.6 is 0 Å². The van der Waals surface area contributed by atoms with Crippen molar-refractivity contribution >= 4 is 16.7 Å². The van der Waals surface area contributed by atoms with Crippen LogP contribution in [0.2, 0.25) is 0 Å². The maximum atomic E-state index is 11.8. The highest BCUT2D eigenvalue weighted by molar-refractivity contribution is 5.85. The van der Waals surface area contributed by atoms with Crippen LogP contribution in [0, 0.1) is 11.8 Å². The minimum Gasteiger partial charge on any atom is -0.357 e. The van der Waals surface area contributed by atoms with E-state index in [1.54, 1.807) is 0 Å². The molecule has 3 nitrogen and oxygen atoms in total. The number of hydrogen-bond acceptors (Lipinski definition) is 2. The molecular formula is C19H22N2O. The van der Waals surface area contributed by atoms with Crippen LogP contribution in [0.15, 0.2) is 24.3 Å². The molecule has 1 N–H and O–H groups in total. The SMILES string of the molecule is O=C1CC[C@@H]2CN3CCc4c([nH]c5ccccc45)[C@@H]3C[C@@H]2C1. The molecule has 114 valence electrons. The summed E-state index contributed by atoms with van der Waals surface area (Å²) in [7, 11) is 0. The molecule has 5 rings (SSSR count). The van der Waals surface area contributed by atoms with Gasteiger partial charge in [0.1, 0.15) is 5.78 Å². The van der Waals surface area contributed by atoms with Gasteiger partial charge in [-0.05, 0) is 42.7 Å². The molecule has 1 saturated heterocycles. The van der Waals surface area contributed by atoms with Gasteiger partial charge in [-0.2, -0.15) is 0 Å². The van der Waals surface area contributed by atoms with Crippen LogP contribution in [-0.2, 0) is 11.2 Å². The molecule has 3 aliphatic rings. The second kappa shape index (κ2) is 4.69. The number of hydrogen-bond donors (Lipinski definition) is 1. The molecule has 0 bridgehead atoms. The summed E-state index contributed by atoms with van der Waals surface area (Å²) in [5, 5.41) is 1.40. The number of H-pyrrole nitrogens is 1. The van der Waals surface area contributed by atoms with Crippen molar-refractivity contribution in [3.63, 3.8) is 0 Å². The first-order valence-corrected chi connectivity index (χ1v) is 8.65. The number of ketones is 1. The van der Waals surface area contributed by atoms with Gasteiger partial charge in [0.25, 0.3) is 0 Å². The third-order valence-corrected chi connectivity index (χ3v) is 6.22. The zero-order chi connectivity index (χ0) is 14.7. The number of carbonyl (C=O) groups excluding carboxylic acids is 1. The lowest BCUT2D eigenvalue weighted by Crippen LogP contribution is -2.47. The predicted octanol–water partition coefficient (Wildman–Crippen LogP) is 3.46. The van der Waals surface area contributed by atoms with Crippen molar-refractivity contribution in [3.8, 4) is 0 Å². The van der Waals surface area contributed by atoms with Gasteiger partial charge in [0.05, 0.1) is 6.04 Å². The van der Waals surface area contributed by atoms with Gasteiger partial charge in [-0.15, -0.1) is 0 Å². The van der Waals surface area contributed by atoms with Crippen molar-refractivity contribution < 1.29 is 4.79 Å². The van der Waals surface area contributed by atoms with E-state index in [4.69, 9.17) is 0 Å². The number of nitrogens with one attached hydrogen (secondary N) is 1. The van der Waals surface area contributed by atoms with Gasteiger partial charge >= 0.3 is 0 Å². The maximum absolute atomic E-state index is 11.8. The molecule has 1 saturated carbocycles. The van der Waals surface area contributed by atoms with Gasteiger partial charge in [0, 0.05) is 42.5 Å². The summed E-state index contributed by atoms with van der Waals surface area (Å²) in [5.74, 6) is 1.85. The second-order valence-corrected chi connectivity index (χ2v) is 7.36. The molecule has 0 radical (unpaired) electrons. The molecule has 0 spiro atoms. The summed E-state index contributed by atoms with van der Waals surface area (Å²) in [6.45, 7) is 2.37. The van der Waals surface area contributed by atoms with E-state index in [-0.39, 0.29) is 0 Å². The first-order chi connectivity index (χ1) is 10.8. The smallest absolute Gasteiger partial charge is 0.133 e. The average Bonchev–Trinajstić information content (AvgIpc) is 2.92. The number of fused-ring (bicyclic) bond motifs is 6. The van der Waals surface area contributed by atoms with Crippen molar-refractivity contribution in [2.75, 3.05) is 13.1 Å². The fourth-order valence-electron chi connectivity index (χ4n) is 5.10. The number of rotatable bonds is 0. The molecule has 1 aromatic carbocycles. The predicted molar refractivity (Wildman–Crippen MR) is 86.8 cm³/mol. The Labute approximate surface area is 130 Å². The zero-order valence-corrected chi connectivity index (χ0v) is 12.8. The Balaban J connectivity index is 1.54. The van der Waals surface area contributed by atoms with Gasteiger partial charge in [-0.25, -0.2) is 0 Å². The minimum atomic E-state index is 0.488. The molecule has 3 heterocycles. The Bertz CT molecular complexity index is 747. The van der Waals surface area contributed by atoms with E-state index in [1.807, 2.05) is 0 Å². The Morgan fingerprint density at radius 3 is 3.00 bits per heavy atom. The first-order valence-electron chi connectivity index (χ1n) is 8.65. The molecule has 1 aliphatic carbocycles. The van der Waals surface area contributed by atoms with Crippen LogP contribution in [0.3, 0.4) is 0 Å². The quantitative estimate of drug-likeness (QED) is 0.808. The average molecular weight is 294 g/mol. The molecule has 0 amide bonds. The highest BCUT2D eigenvalue weighted by atomic mass is 16.1. The van der Waals surface area contributed by atoms with Crippen molar-refractivity contribution in [1.29, 1.82) is 0 Å². The molecule has 2 fully saturated rings. The van der Waals surface area contributed by atoms with Crippen LogP contribution in [0.4, 0.5) is 0 Å². The van der Waals surface area contributed by atoms with Crippen molar-refractivity contribution in [3.05, 3.63) is 35.5 Å². The molecule has 0 unspecified atom stereocenters. The summed E-state index contributed by atoms with van der Waals surface area (Å²) in [4.78, 5) is 18.2. The summed E-state index contributed by atoms with van der Waals surface area (Å²) >= 11 is 0. The number of piperidine rings is 1. The van der Waals surface area contributed by atoms with E-state index in [1.165, 1.54) is 35.2 Å². The zero-order valence-electron chi connectivity index (χ0n) is 12.8. The third kappa shape index (κ3) is 1.81. The summed E-state index contributed by atoms with van der Waals surface area (Å²) in [5.41, 5.74) is 4.23. The van der Waals surface area contributed by atoms with Crippen molar-refractivity contribution in [2.24, 2.45) is 11.8 Å². The standard InChI is InChI=1S/C19H22N2O/c22-14-6-5-12-11-21-8-7-16-15-3-1-2-4-17(15)20-19(16)18(21)10-13(12)9-14/h1-4,12-13,18,20H,5-11H2/t12-,13+,18+/m1/s1. The topological polar surface area (TPSA) is 36.1 Å². The van der Waals surface area contributed by atoms with Gasteiger partial charge in [0.2, 0.25) is 0 Å². The summed E-state index contributed by atoms with van der Waals surface area (Å²) in [6.07, 6.45) is 5.08. The number of aromatic nitrogens is 1. The molecule has 1 aromatic heterocycles. The van der Waals surface area contributed by atoms with E-state index in [9.17, 15) is 4.79 Å². The number of nitrogens with zero attached hydrogens (tertiary/aromatic N) is 1. The van der Waals surface area contributed by atoms with Gasteiger partial charge in [-0.1, -0.05) is 18.2 Å². The molecule has 3 heteroatoms. The molecule has 2 aliphatic heterocycles. The fraction of sp³-hybridized carbons (Fsp3) is 0.526. The van der Waals surface area contributed by atoms with E-state index in [2.05, 4.69) is 34.1 Å². The highest BCUT2D eigenvalue weighted by Gasteiger charge is 2.42. The van der Waals surface area contributed by atoms with Crippen LogP contribution in [0.1, 0.15) is 43.0 Å². The van der Waals surface area contributed by atoms with Crippen molar-refractivity contribution in [2.45, 2.75) is 38.1 Å². The summed E-state index contributed by atoms with van der Waals surface area (Å²) < 4.78 is 0. The number of para-hydroxylation sites is 1. The van der Waals surface area contributed by atoms with Crippen LogP contribution in [0.25, 0.3) is 10.9 Å². The fourth-order valence-corrected chi connectivity index (χ4v) is 5.10. The number of aromatic amines is 1.